The van der Waals surface area contributed by atoms with Gasteiger partial charge in [0.25, 0.3) is 0 Å². The first kappa shape index (κ1) is 22.6. The largest absolute Gasteiger partial charge is 0.512 e. The van der Waals surface area contributed by atoms with E-state index in [1.54, 1.807) is 0 Å². The summed E-state index contributed by atoms with van der Waals surface area (Å²) >= 11 is 0. The summed E-state index contributed by atoms with van der Waals surface area (Å²) in [6.45, 7) is 4.98. The molecule has 0 unspecified atom stereocenters. The summed E-state index contributed by atoms with van der Waals surface area (Å²) in [6, 6.07) is 19.5. The first-order chi connectivity index (χ1) is 13.5. The molecule has 2 heterocycles. The van der Waals surface area contributed by atoms with Crippen LogP contribution < -0.4 is 0 Å². The van der Waals surface area contributed by atoms with Crippen molar-refractivity contribution in [2.24, 2.45) is 0 Å². The number of aliphatic hydroxyl groups is 1. The second-order valence-corrected chi connectivity index (χ2v) is 6.50. The van der Waals surface area contributed by atoms with Crippen LogP contribution in [0.25, 0.3) is 33.2 Å². The minimum absolute atomic E-state index is 0. The Morgan fingerprint density at radius 1 is 1.14 bits per heavy atom. The molecule has 0 fully saturated rings. The Morgan fingerprint density at radius 3 is 2.48 bits per heavy atom. The van der Waals surface area contributed by atoms with Gasteiger partial charge in [-0.05, 0) is 37.6 Å². The molecule has 0 aliphatic rings. The molecule has 0 saturated carbocycles. The van der Waals surface area contributed by atoms with Crippen LogP contribution in [-0.2, 0) is 32.3 Å². The molecule has 0 aliphatic heterocycles. The number of aromatic nitrogens is 1. The van der Waals surface area contributed by atoms with E-state index >= 15 is 0 Å². The smallest absolute Gasteiger partial charge is 0.155 e. The Kier molecular flexibility index (Phi) is 7.92. The SMILES string of the molecule is CC(=O)/C=C(/C)O.CCc1ccc(-c2[c-]ccc3c2oc2ccccc23)nc1.[Pt]. The third-order valence-electron chi connectivity index (χ3n) is 4.24. The fourth-order valence-electron chi connectivity index (χ4n) is 2.96. The molecule has 0 amide bonds. The number of furan rings is 1. The number of aliphatic hydroxyl groups excluding tert-OH is 1. The third-order valence-corrected chi connectivity index (χ3v) is 4.24. The molecule has 0 atom stereocenters. The fraction of sp³-hybridized carbons (Fsp3) is 0.167. The fourth-order valence-corrected chi connectivity index (χ4v) is 2.96. The van der Waals surface area contributed by atoms with Gasteiger partial charge >= 0.3 is 0 Å². The molecule has 0 aliphatic carbocycles. The van der Waals surface area contributed by atoms with Crippen LogP contribution in [0, 0.1) is 6.07 Å². The van der Waals surface area contributed by atoms with Gasteiger partial charge in [-0.3, -0.25) is 4.79 Å². The minimum atomic E-state index is -0.125. The number of hydrogen-bond donors (Lipinski definition) is 1. The van der Waals surface area contributed by atoms with Gasteiger partial charge in [-0.2, -0.15) is 0 Å². The molecule has 4 rings (SSSR count). The number of fused-ring (bicyclic) bond motifs is 3. The molecular weight excluding hydrogens is 545 g/mol. The van der Waals surface area contributed by atoms with E-state index in [2.05, 4.69) is 30.1 Å². The number of para-hydroxylation sites is 1. The first-order valence-corrected chi connectivity index (χ1v) is 9.14. The summed E-state index contributed by atoms with van der Waals surface area (Å²) in [5.41, 5.74) is 4.81. The number of benzene rings is 2. The molecule has 4 nitrogen and oxygen atoms in total. The number of carbonyl (C=O) groups is 1. The van der Waals surface area contributed by atoms with Crippen molar-refractivity contribution in [2.45, 2.75) is 27.2 Å². The van der Waals surface area contributed by atoms with E-state index in [0.717, 1.165) is 39.6 Å². The number of pyridine rings is 1. The molecule has 152 valence electrons. The summed E-state index contributed by atoms with van der Waals surface area (Å²) in [5, 5.41) is 10.6. The van der Waals surface area contributed by atoms with Crippen LogP contribution in [0.2, 0.25) is 0 Å². The molecule has 29 heavy (non-hydrogen) atoms. The number of allylic oxidation sites excluding steroid dienone is 2. The van der Waals surface area contributed by atoms with E-state index in [0.29, 0.717) is 0 Å². The first-order valence-electron chi connectivity index (χ1n) is 9.14. The second-order valence-electron chi connectivity index (χ2n) is 6.50. The average molecular weight is 568 g/mol. The van der Waals surface area contributed by atoms with Crippen molar-refractivity contribution in [3.63, 3.8) is 0 Å². The predicted molar refractivity (Wildman–Crippen MR) is 112 cm³/mol. The summed E-state index contributed by atoms with van der Waals surface area (Å²) in [5.74, 6) is -0.0625. The number of aryl methyl sites for hydroxylation is 1. The van der Waals surface area contributed by atoms with Crippen molar-refractivity contribution in [1.29, 1.82) is 0 Å². The normalized spacial score (nSPS) is 10.9. The molecule has 1 N–H and O–H groups in total. The molecule has 5 heteroatoms. The van der Waals surface area contributed by atoms with E-state index in [1.807, 2.05) is 42.6 Å². The third kappa shape index (κ3) is 5.42. The van der Waals surface area contributed by atoms with Crippen LogP contribution in [0.5, 0.6) is 0 Å². The zero-order chi connectivity index (χ0) is 20.1. The number of rotatable bonds is 3. The van der Waals surface area contributed by atoms with E-state index in [9.17, 15) is 4.79 Å². The maximum Gasteiger partial charge on any atom is 0.155 e. The zero-order valence-electron chi connectivity index (χ0n) is 16.5. The Bertz CT molecular complexity index is 1140. The number of hydrogen-bond acceptors (Lipinski definition) is 4. The summed E-state index contributed by atoms with van der Waals surface area (Å²) < 4.78 is 6.02. The second kappa shape index (κ2) is 10.2. The van der Waals surface area contributed by atoms with Gasteiger partial charge in [0.1, 0.15) is 5.58 Å². The van der Waals surface area contributed by atoms with Crippen LogP contribution in [0.3, 0.4) is 0 Å². The van der Waals surface area contributed by atoms with E-state index in [4.69, 9.17) is 9.52 Å². The van der Waals surface area contributed by atoms with Crippen LogP contribution in [0.4, 0.5) is 0 Å². The number of carbonyl (C=O) groups excluding carboxylic acids is 1. The van der Waals surface area contributed by atoms with Crippen LogP contribution in [0.1, 0.15) is 26.3 Å². The summed E-state index contributed by atoms with van der Waals surface area (Å²) in [6.07, 6.45) is 4.08. The van der Waals surface area contributed by atoms with Crippen LogP contribution in [0.15, 0.2) is 71.0 Å². The number of ketones is 1. The Morgan fingerprint density at radius 2 is 1.90 bits per heavy atom. The topological polar surface area (TPSA) is 63.3 Å². The molecule has 0 bridgehead atoms. The van der Waals surface area contributed by atoms with Crippen LogP contribution >= 0.6 is 0 Å². The Hall–Kier alpha value is -2.71. The van der Waals surface area contributed by atoms with E-state index in [-0.39, 0.29) is 32.6 Å². The Balaban J connectivity index is 0.000000327. The molecule has 2 aromatic carbocycles. The maximum atomic E-state index is 10.0. The van der Waals surface area contributed by atoms with Gasteiger partial charge in [-0.25, -0.2) is 0 Å². The van der Waals surface area contributed by atoms with Gasteiger partial charge in [0.15, 0.2) is 5.78 Å². The van der Waals surface area contributed by atoms with Gasteiger partial charge < -0.3 is 14.5 Å². The van der Waals surface area contributed by atoms with E-state index < -0.39 is 0 Å². The molecule has 2 aromatic heterocycles. The molecular formula is C24H22NO3Pt-. The van der Waals surface area contributed by atoms with Gasteiger partial charge in [-0.1, -0.05) is 48.2 Å². The van der Waals surface area contributed by atoms with Crippen molar-refractivity contribution in [3.8, 4) is 11.3 Å². The quantitative estimate of drug-likeness (QED) is 0.186. The van der Waals surface area contributed by atoms with Gasteiger partial charge in [0.05, 0.1) is 11.3 Å². The van der Waals surface area contributed by atoms with Crippen molar-refractivity contribution in [2.75, 3.05) is 0 Å². The van der Waals surface area contributed by atoms with Crippen molar-refractivity contribution in [3.05, 3.63) is 78.2 Å². The van der Waals surface area contributed by atoms with Crippen molar-refractivity contribution < 1.29 is 35.4 Å². The van der Waals surface area contributed by atoms with Gasteiger partial charge in [0.2, 0.25) is 0 Å². The predicted octanol–water partition coefficient (Wildman–Crippen LogP) is 6.05. The molecule has 0 radical (unpaired) electrons. The maximum absolute atomic E-state index is 10.0. The standard InChI is InChI=1S/C19H14NO.C5H8O2.Pt/c1-2-13-10-11-17(20-12-13)16-8-5-7-15-14-6-3-4-9-18(14)21-19(15)16;1-4(6)3-5(2)7;/h3-7,9-12H,2H2,1H3;3,6H,1-2H3;/q-1;;/b;4-3-;. The minimum Gasteiger partial charge on any atom is -0.512 e. The molecule has 4 aromatic rings. The monoisotopic (exact) mass is 567 g/mol. The zero-order valence-corrected chi connectivity index (χ0v) is 18.8. The summed E-state index contributed by atoms with van der Waals surface area (Å²) in [7, 11) is 0. The van der Waals surface area contributed by atoms with Crippen molar-refractivity contribution >= 4 is 27.7 Å². The van der Waals surface area contributed by atoms with Gasteiger partial charge in [0, 0.05) is 38.7 Å². The van der Waals surface area contributed by atoms with Gasteiger partial charge in [-0.15, -0.1) is 18.2 Å². The summed E-state index contributed by atoms with van der Waals surface area (Å²) in [4.78, 5) is 14.6. The van der Waals surface area contributed by atoms with Crippen LogP contribution in [-0.4, -0.2) is 15.9 Å². The Labute approximate surface area is 184 Å². The molecule has 0 saturated heterocycles. The van der Waals surface area contributed by atoms with E-state index in [1.165, 1.54) is 25.5 Å². The average Bonchev–Trinajstić information content (AvgIpc) is 3.06. The van der Waals surface area contributed by atoms with Crippen molar-refractivity contribution in [1.82, 2.24) is 4.98 Å². The number of nitrogens with zero attached hydrogens (tertiary/aromatic N) is 1. The molecule has 0 spiro atoms.